The lowest BCUT2D eigenvalue weighted by Gasteiger charge is -2.34. The third-order valence-electron chi connectivity index (χ3n) is 6.27. The summed E-state index contributed by atoms with van der Waals surface area (Å²) < 4.78 is 21.5. The van der Waals surface area contributed by atoms with Gasteiger partial charge in [-0.2, -0.15) is 0 Å². The number of ether oxygens (including phenoxy) is 4. The SMILES string of the molecule is COc1ccc(CCN(C)C(=O)[C@@H]2CCCN(Cc3ccc(OC)c(OC)c3)C2)cc1OC. The van der Waals surface area contributed by atoms with Crippen molar-refractivity contribution in [3.05, 3.63) is 47.5 Å². The second kappa shape index (κ2) is 11.8. The minimum absolute atomic E-state index is 0.0225. The Morgan fingerprint density at radius 3 is 2.09 bits per heavy atom. The minimum Gasteiger partial charge on any atom is -0.493 e. The molecule has 0 aromatic heterocycles. The van der Waals surface area contributed by atoms with E-state index in [4.69, 9.17) is 18.9 Å². The predicted molar refractivity (Wildman–Crippen MR) is 128 cm³/mol. The van der Waals surface area contributed by atoms with Crippen molar-refractivity contribution in [3.63, 3.8) is 0 Å². The largest absolute Gasteiger partial charge is 0.493 e. The molecule has 0 unspecified atom stereocenters. The van der Waals surface area contributed by atoms with E-state index in [0.29, 0.717) is 18.0 Å². The van der Waals surface area contributed by atoms with Gasteiger partial charge < -0.3 is 23.8 Å². The number of hydrogen-bond acceptors (Lipinski definition) is 6. The smallest absolute Gasteiger partial charge is 0.226 e. The van der Waals surface area contributed by atoms with Gasteiger partial charge in [-0.15, -0.1) is 0 Å². The number of methoxy groups -OCH3 is 4. The van der Waals surface area contributed by atoms with Gasteiger partial charge in [-0.1, -0.05) is 12.1 Å². The zero-order valence-electron chi connectivity index (χ0n) is 20.4. The molecule has 1 atom stereocenters. The summed E-state index contributed by atoms with van der Waals surface area (Å²) in [4.78, 5) is 17.4. The second-order valence-electron chi connectivity index (χ2n) is 8.46. The molecule has 7 nitrogen and oxygen atoms in total. The van der Waals surface area contributed by atoms with Crippen molar-refractivity contribution in [2.45, 2.75) is 25.8 Å². The maximum atomic E-state index is 13.1. The first-order valence-electron chi connectivity index (χ1n) is 11.4. The highest BCUT2D eigenvalue weighted by molar-refractivity contribution is 5.79. The van der Waals surface area contributed by atoms with Crippen molar-refractivity contribution in [2.24, 2.45) is 5.92 Å². The molecule has 0 spiro atoms. The highest BCUT2D eigenvalue weighted by Gasteiger charge is 2.28. The molecule has 0 saturated carbocycles. The number of likely N-dealkylation sites (tertiary alicyclic amines) is 1. The topological polar surface area (TPSA) is 60.5 Å². The highest BCUT2D eigenvalue weighted by Crippen LogP contribution is 2.30. The monoisotopic (exact) mass is 456 g/mol. The molecule has 1 heterocycles. The number of benzene rings is 2. The lowest BCUT2D eigenvalue weighted by Crippen LogP contribution is -2.43. The quantitative estimate of drug-likeness (QED) is 0.544. The number of rotatable bonds is 10. The van der Waals surface area contributed by atoms with E-state index in [-0.39, 0.29) is 11.8 Å². The molecule has 2 aromatic rings. The van der Waals surface area contributed by atoms with E-state index < -0.39 is 0 Å². The van der Waals surface area contributed by atoms with Crippen LogP contribution < -0.4 is 18.9 Å². The number of amides is 1. The Balaban J connectivity index is 1.55. The summed E-state index contributed by atoms with van der Waals surface area (Å²) in [6, 6.07) is 11.9. The van der Waals surface area contributed by atoms with Gasteiger partial charge in [-0.25, -0.2) is 0 Å². The Morgan fingerprint density at radius 1 is 0.909 bits per heavy atom. The fraction of sp³-hybridized carbons (Fsp3) is 0.500. The average Bonchev–Trinajstić information content (AvgIpc) is 2.86. The Hall–Kier alpha value is -2.93. The normalized spacial score (nSPS) is 16.2. The van der Waals surface area contributed by atoms with Crippen LogP contribution in [0.5, 0.6) is 23.0 Å². The van der Waals surface area contributed by atoms with E-state index in [2.05, 4.69) is 11.0 Å². The summed E-state index contributed by atoms with van der Waals surface area (Å²) >= 11 is 0. The van der Waals surface area contributed by atoms with Crippen LogP contribution in [0.1, 0.15) is 24.0 Å². The summed E-state index contributed by atoms with van der Waals surface area (Å²) in [5.74, 6) is 3.12. The molecule has 1 amide bonds. The van der Waals surface area contributed by atoms with Crippen LogP contribution in [-0.2, 0) is 17.8 Å². The molecule has 1 fully saturated rings. The van der Waals surface area contributed by atoms with Gasteiger partial charge in [0.25, 0.3) is 0 Å². The van der Waals surface area contributed by atoms with E-state index in [0.717, 1.165) is 61.5 Å². The third kappa shape index (κ3) is 6.32. The van der Waals surface area contributed by atoms with E-state index in [1.165, 1.54) is 0 Å². The summed E-state index contributed by atoms with van der Waals surface area (Å²) in [6.45, 7) is 3.22. The molecular formula is C26H36N2O5. The van der Waals surface area contributed by atoms with Crippen molar-refractivity contribution >= 4 is 5.91 Å². The fourth-order valence-corrected chi connectivity index (χ4v) is 4.39. The van der Waals surface area contributed by atoms with Gasteiger partial charge in [-0.05, 0) is 61.2 Å². The minimum atomic E-state index is 0.0225. The molecule has 0 radical (unpaired) electrons. The first-order valence-corrected chi connectivity index (χ1v) is 11.4. The van der Waals surface area contributed by atoms with Crippen LogP contribution in [0.2, 0.25) is 0 Å². The van der Waals surface area contributed by atoms with Crippen molar-refractivity contribution in [1.29, 1.82) is 0 Å². The summed E-state index contributed by atoms with van der Waals surface area (Å²) in [6.07, 6.45) is 2.72. The van der Waals surface area contributed by atoms with Gasteiger partial charge >= 0.3 is 0 Å². The Bertz CT molecular complexity index is 933. The molecule has 0 N–H and O–H groups in total. The highest BCUT2D eigenvalue weighted by atomic mass is 16.5. The van der Waals surface area contributed by atoms with E-state index in [1.807, 2.05) is 42.3 Å². The summed E-state index contributed by atoms with van der Waals surface area (Å²) in [5.41, 5.74) is 2.27. The van der Waals surface area contributed by atoms with Crippen molar-refractivity contribution in [1.82, 2.24) is 9.80 Å². The fourth-order valence-electron chi connectivity index (χ4n) is 4.39. The molecule has 1 aliphatic heterocycles. The zero-order valence-corrected chi connectivity index (χ0v) is 20.4. The second-order valence-corrected chi connectivity index (χ2v) is 8.46. The Kier molecular flexibility index (Phi) is 8.83. The predicted octanol–water partition coefficient (Wildman–Crippen LogP) is 3.63. The molecule has 7 heteroatoms. The Labute approximate surface area is 197 Å². The van der Waals surface area contributed by atoms with Crippen LogP contribution in [0, 0.1) is 5.92 Å². The number of carbonyl (C=O) groups is 1. The summed E-state index contributed by atoms with van der Waals surface area (Å²) in [7, 11) is 8.45. The van der Waals surface area contributed by atoms with E-state index >= 15 is 0 Å². The van der Waals surface area contributed by atoms with E-state index in [9.17, 15) is 4.79 Å². The molecule has 2 aromatic carbocycles. The van der Waals surface area contributed by atoms with Gasteiger partial charge in [0, 0.05) is 26.7 Å². The Morgan fingerprint density at radius 2 is 1.48 bits per heavy atom. The molecule has 0 bridgehead atoms. The number of carbonyl (C=O) groups excluding carboxylic acids is 1. The molecule has 33 heavy (non-hydrogen) atoms. The molecule has 1 aliphatic rings. The van der Waals surface area contributed by atoms with Crippen LogP contribution in [0.15, 0.2) is 36.4 Å². The first-order chi connectivity index (χ1) is 16.0. The first kappa shape index (κ1) is 24.7. The zero-order chi connectivity index (χ0) is 23.8. The van der Waals surface area contributed by atoms with Gasteiger partial charge in [-0.3, -0.25) is 9.69 Å². The van der Waals surface area contributed by atoms with Crippen molar-refractivity contribution in [3.8, 4) is 23.0 Å². The maximum Gasteiger partial charge on any atom is 0.226 e. The number of hydrogen-bond donors (Lipinski definition) is 0. The van der Waals surface area contributed by atoms with Gasteiger partial charge in [0.1, 0.15) is 0 Å². The molecule has 3 rings (SSSR count). The number of nitrogens with zero attached hydrogens (tertiary/aromatic N) is 2. The lowest BCUT2D eigenvalue weighted by atomic mass is 9.96. The van der Waals surface area contributed by atoms with Gasteiger partial charge in [0.05, 0.1) is 34.4 Å². The lowest BCUT2D eigenvalue weighted by molar-refractivity contribution is -0.136. The van der Waals surface area contributed by atoms with Gasteiger partial charge in [0.15, 0.2) is 23.0 Å². The maximum absolute atomic E-state index is 13.1. The van der Waals surface area contributed by atoms with E-state index in [1.54, 1.807) is 28.4 Å². The van der Waals surface area contributed by atoms with Crippen molar-refractivity contribution in [2.75, 3.05) is 55.1 Å². The molecular weight excluding hydrogens is 420 g/mol. The van der Waals surface area contributed by atoms with Crippen LogP contribution >= 0.6 is 0 Å². The number of likely N-dealkylation sites (N-methyl/N-ethyl adjacent to an activating group) is 1. The average molecular weight is 457 g/mol. The summed E-state index contributed by atoms with van der Waals surface area (Å²) in [5, 5.41) is 0. The number of piperidine rings is 1. The molecule has 0 aliphatic carbocycles. The van der Waals surface area contributed by atoms with Crippen LogP contribution in [0.4, 0.5) is 0 Å². The van der Waals surface area contributed by atoms with Gasteiger partial charge in [0.2, 0.25) is 5.91 Å². The van der Waals surface area contributed by atoms with Crippen LogP contribution in [0.25, 0.3) is 0 Å². The standard InChI is InChI=1S/C26H36N2O5/c1-27(14-12-19-8-10-22(30-2)24(15-19)32-4)26(29)21-7-6-13-28(18-21)17-20-9-11-23(31-3)25(16-20)33-5/h8-11,15-16,21H,6-7,12-14,17-18H2,1-5H3/t21-/m1/s1. The van der Waals surface area contributed by atoms with Crippen LogP contribution in [0.3, 0.4) is 0 Å². The molecule has 1 saturated heterocycles. The third-order valence-corrected chi connectivity index (χ3v) is 6.27. The van der Waals surface area contributed by atoms with Crippen LogP contribution in [-0.4, -0.2) is 70.8 Å². The van der Waals surface area contributed by atoms with Crippen molar-refractivity contribution < 1.29 is 23.7 Å². The molecule has 180 valence electrons.